The van der Waals surface area contributed by atoms with Crippen LogP contribution < -0.4 is 10.5 Å². The van der Waals surface area contributed by atoms with Gasteiger partial charge in [0.1, 0.15) is 10.7 Å². The van der Waals surface area contributed by atoms with Crippen LogP contribution in [0.2, 0.25) is 0 Å². The van der Waals surface area contributed by atoms with Crippen LogP contribution in [0.4, 0.5) is 10.1 Å². The van der Waals surface area contributed by atoms with Gasteiger partial charge in [0.2, 0.25) is 10.0 Å². The first-order valence-corrected chi connectivity index (χ1v) is 7.32. The molecule has 1 heterocycles. The van der Waals surface area contributed by atoms with Crippen molar-refractivity contribution in [2.75, 3.05) is 5.73 Å². The summed E-state index contributed by atoms with van der Waals surface area (Å²) in [5, 5.41) is 4.12. The lowest BCUT2D eigenvalue weighted by Crippen LogP contribution is -2.24. The number of halogens is 1. The van der Waals surface area contributed by atoms with Gasteiger partial charge in [0, 0.05) is 25.4 Å². The highest BCUT2D eigenvalue weighted by Crippen LogP contribution is 2.19. The van der Waals surface area contributed by atoms with Crippen LogP contribution in [-0.2, 0) is 23.6 Å². The van der Waals surface area contributed by atoms with Crippen LogP contribution in [-0.4, -0.2) is 18.2 Å². The molecule has 0 saturated heterocycles. The topological polar surface area (TPSA) is 90.0 Å². The monoisotopic (exact) mass is 298 g/mol. The molecule has 0 aliphatic rings. The predicted octanol–water partition coefficient (Wildman–Crippen LogP) is 0.928. The van der Waals surface area contributed by atoms with E-state index in [1.54, 1.807) is 24.9 Å². The maximum absolute atomic E-state index is 12.9. The number of aromatic nitrogens is 2. The third-order valence-corrected chi connectivity index (χ3v) is 4.30. The van der Waals surface area contributed by atoms with Gasteiger partial charge in [-0.2, -0.15) is 5.10 Å². The van der Waals surface area contributed by atoms with E-state index in [0.29, 0.717) is 0 Å². The summed E-state index contributed by atoms with van der Waals surface area (Å²) in [6, 6.07) is 3.17. The van der Waals surface area contributed by atoms with E-state index in [0.717, 1.165) is 29.5 Å². The third kappa shape index (κ3) is 2.97. The molecule has 0 bridgehead atoms. The van der Waals surface area contributed by atoms with Crippen molar-refractivity contribution in [3.05, 3.63) is 41.5 Å². The first-order valence-electron chi connectivity index (χ1n) is 5.83. The fourth-order valence-corrected chi connectivity index (χ4v) is 2.95. The molecule has 3 N–H and O–H groups in total. The molecule has 1 aromatic carbocycles. The number of sulfonamides is 1. The average molecular weight is 298 g/mol. The van der Waals surface area contributed by atoms with Crippen LogP contribution in [0.15, 0.2) is 29.3 Å². The summed E-state index contributed by atoms with van der Waals surface area (Å²) < 4.78 is 41.2. The standard InChI is InChI=1S/C12H15FN4O2S/c1-8-9(7-17(2)16-8)6-15-20(18,19)12-4-3-10(13)5-11(12)14/h3-5,7,15H,6,14H2,1-2H3. The number of hydrogen-bond acceptors (Lipinski definition) is 4. The van der Waals surface area contributed by atoms with Crippen molar-refractivity contribution in [2.45, 2.75) is 18.4 Å². The Balaban J connectivity index is 2.21. The highest BCUT2D eigenvalue weighted by atomic mass is 32.2. The van der Waals surface area contributed by atoms with Gasteiger partial charge in [-0.15, -0.1) is 0 Å². The Labute approximate surface area is 116 Å². The zero-order chi connectivity index (χ0) is 14.9. The summed E-state index contributed by atoms with van der Waals surface area (Å²) in [7, 11) is -2.04. The van der Waals surface area contributed by atoms with E-state index in [2.05, 4.69) is 9.82 Å². The largest absolute Gasteiger partial charge is 0.398 e. The zero-order valence-corrected chi connectivity index (χ0v) is 11.9. The SMILES string of the molecule is Cc1nn(C)cc1CNS(=O)(=O)c1ccc(F)cc1N. The van der Waals surface area contributed by atoms with Gasteiger partial charge in [-0.05, 0) is 25.1 Å². The number of nitrogens with one attached hydrogen (secondary N) is 1. The van der Waals surface area contributed by atoms with Gasteiger partial charge in [0.15, 0.2) is 0 Å². The second-order valence-electron chi connectivity index (χ2n) is 4.42. The molecule has 0 aliphatic heterocycles. The second-order valence-corrected chi connectivity index (χ2v) is 6.16. The van der Waals surface area contributed by atoms with Crippen molar-refractivity contribution >= 4 is 15.7 Å². The number of rotatable bonds is 4. The Bertz CT molecular complexity index is 740. The maximum atomic E-state index is 12.9. The van der Waals surface area contributed by atoms with E-state index in [4.69, 9.17) is 5.73 Å². The maximum Gasteiger partial charge on any atom is 0.242 e. The number of hydrogen-bond donors (Lipinski definition) is 2. The molecule has 0 amide bonds. The van der Waals surface area contributed by atoms with Crippen molar-refractivity contribution in [2.24, 2.45) is 7.05 Å². The van der Waals surface area contributed by atoms with Crippen LogP contribution in [0.25, 0.3) is 0 Å². The second kappa shape index (κ2) is 5.22. The van der Waals surface area contributed by atoms with E-state index in [1.165, 1.54) is 0 Å². The van der Waals surface area contributed by atoms with Gasteiger partial charge >= 0.3 is 0 Å². The van der Waals surface area contributed by atoms with E-state index in [9.17, 15) is 12.8 Å². The highest BCUT2D eigenvalue weighted by molar-refractivity contribution is 7.89. The lowest BCUT2D eigenvalue weighted by Gasteiger charge is -2.08. The minimum absolute atomic E-state index is 0.0961. The van der Waals surface area contributed by atoms with Gasteiger partial charge in [0.25, 0.3) is 0 Å². The van der Waals surface area contributed by atoms with Crippen molar-refractivity contribution in [3.63, 3.8) is 0 Å². The van der Waals surface area contributed by atoms with E-state index in [-0.39, 0.29) is 17.1 Å². The Hall–Kier alpha value is -1.93. The fraction of sp³-hybridized carbons (Fsp3) is 0.250. The van der Waals surface area contributed by atoms with Gasteiger partial charge in [-0.3, -0.25) is 4.68 Å². The normalized spacial score (nSPS) is 11.8. The summed E-state index contributed by atoms with van der Waals surface area (Å²) in [6.07, 6.45) is 1.73. The molecule has 0 aliphatic carbocycles. The molecule has 6 nitrogen and oxygen atoms in total. The Morgan fingerprint density at radius 1 is 1.45 bits per heavy atom. The molecule has 2 rings (SSSR count). The Kier molecular flexibility index (Phi) is 3.78. The van der Waals surface area contributed by atoms with Crippen LogP contribution >= 0.6 is 0 Å². The van der Waals surface area contributed by atoms with Crippen LogP contribution in [0.3, 0.4) is 0 Å². The van der Waals surface area contributed by atoms with Gasteiger partial charge in [-0.1, -0.05) is 0 Å². The summed E-state index contributed by atoms with van der Waals surface area (Å²) in [4.78, 5) is -0.138. The Morgan fingerprint density at radius 2 is 2.15 bits per heavy atom. The van der Waals surface area contributed by atoms with E-state index in [1.807, 2.05) is 0 Å². The van der Waals surface area contributed by atoms with E-state index < -0.39 is 15.8 Å². The lowest BCUT2D eigenvalue weighted by atomic mass is 10.3. The Morgan fingerprint density at radius 3 is 2.70 bits per heavy atom. The van der Waals surface area contributed by atoms with Crippen molar-refractivity contribution < 1.29 is 12.8 Å². The molecule has 0 radical (unpaired) electrons. The minimum atomic E-state index is -3.79. The number of nitrogen functional groups attached to an aromatic ring is 1. The number of nitrogens with zero attached hydrogens (tertiary/aromatic N) is 2. The predicted molar refractivity (Wildman–Crippen MR) is 72.8 cm³/mol. The molecule has 0 unspecified atom stereocenters. The first kappa shape index (κ1) is 14.5. The van der Waals surface area contributed by atoms with Crippen molar-refractivity contribution in [1.82, 2.24) is 14.5 Å². The molecule has 0 saturated carbocycles. The van der Waals surface area contributed by atoms with Crippen molar-refractivity contribution in [1.29, 1.82) is 0 Å². The summed E-state index contributed by atoms with van der Waals surface area (Å²) in [5.74, 6) is -0.579. The van der Waals surface area contributed by atoms with E-state index >= 15 is 0 Å². The molecular weight excluding hydrogens is 283 g/mol. The van der Waals surface area contributed by atoms with Crippen LogP contribution in [0.1, 0.15) is 11.3 Å². The highest BCUT2D eigenvalue weighted by Gasteiger charge is 2.18. The smallest absolute Gasteiger partial charge is 0.242 e. The quantitative estimate of drug-likeness (QED) is 0.822. The average Bonchev–Trinajstić information content (AvgIpc) is 2.65. The number of nitrogens with two attached hydrogens (primary N) is 1. The minimum Gasteiger partial charge on any atom is -0.398 e. The van der Waals surface area contributed by atoms with Gasteiger partial charge < -0.3 is 5.73 Å². The van der Waals surface area contributed by atoms with Gasteiger partial charge in [0.05, 0.1) is 11.4 Å². The third-order valence-electron chi connectivity index (χ3n) is 2.83. The molecule has 0 fully saturated rings. The van der Waals surface area contributed by atoms with Crippen LogP contribution in [0, 0.1) is 12.7 Å². The van der Waals surface area contributed by atoms with Crippen LogP contribution in [0.5, 0.6) is 0 Å². The fourth-order valence-electron chi connectivity index (χ4n) is 1.84. The molecule has 8 heteroatoms. The lowest BCUT2D eigenvalue weighted by molar-refractivity contribution is 0.581. The summed E-state index contributed by atoms with van der Waals surface area (Å²) in [5.41, 5.74) is 6.91. The molecule has 0 atom stereocenters. The molecule has 2 aromatic rings. The molecule has 1 aromatic heterocycles. The van der Waals surface area contributed by atoms with Crippen molar-refractivity contribution in [3.8, 4) is 0 Å². The number of benzene rings is 1. The van der Waals surface area contributed by atoms with Gasteiger partial charge in [-0.25, -0.2) is 17.5 Å². The molecule has 108 valence electrons. The first-order chi connectivity index (χ1) is 9.29. The summed E-state index contributed by atoms with van der Waals surface area (Å²) >= 11 is 0. The molecule has 20 heavy (non-hydrogen) atoms. The zero-order valence-electron chi connectivity index (χ0n) is 11.1. The summed E-state index contributed by atoms with van der Waals surface area (Å²) in [6.45, 7) is 1.88. The molecule has 0 spiro atoms. The number of anilines is 1. The number of aryl methyl sites for hydroxylation is 2. The molecular formula is C12H15FN4O2S.